The molecule has 1 amide bonds. The Morgan fingerprint density at radius 2 is 2.08 bits per heavy atom. The number of thiophene rings is 1. The molecule has 25 heavy (non-hydrogen) atoms. The van der Waals surface area contributed by atoms with Crippen LogP contribution in [0, 0.1) is 0 Å². The zero-order chi connectivity index (χ0) is 17.9. The van der Waals surface area contributed by atoms with Crippen molar-refractivity contribution in [3.8, 4) is 5.69 Å². The van der Waals surface area contributed by atoms with E-state index in [1.165, 1.54) is 34.4 Å². The molecule has 0 spiro atoms. The van der Waals surface area contributed by atoms with Gasteiger partial charge in [0.1, 0.15) is 0 Å². The predicted molar refractivity (Wildman–Crippen MR) is 90.5 cm³/mol. The number of aromatic nitrogens is 2. The number of rotatable bonds is 4. The average molecular weight is 363 g/mol. The molecule has 2 heterocycles. The molecule has 1 N–H and O–H groups in total. The lowest BCUT2D eigenvalue weighted by Crippen LogP contribution is -2.13. The van der Waals surface area contributed by atoms with Crippen LogP contribution in [0.15, 0.2) is 60.2 Å². The Balaban J connectivity index is 1.90. The first-order valence-electron chi connectivity index (χ1n) is 7.17. The van der Waals surface area contributed by atoms with Crippen LogP contribution in [0.3, 0.4) is 0 Å². The molecule has 0 aliphatic carbocycles. The van der Waals surface area contributed by atoms with Crippen LogP contribution in [0.2, 0.25) is 0 Å². The Kier molecular flexibility index (Phi) is 4.71. The summed E-state index contributed by atoms with van der Waals surface area (Å²) in [5.74, 6) is -0.527. The molecule has 0 radical (unpaired) electrons. The number of hydrogen-bond acceptors (Lipinski definition) is 3. The molecule has 0 unspecified atom stereocenters. The molecule has 3 aromatic rings. The molecule has 0 aliphatic heterocycles. The number of alkyl halides is 3. The summed E-state index contributed by atoms with van der Waals surface area (Å²) in [4.78, 5) is 13.0. The Bertz CT molecular complexity index is 885. The fraction of sp³-hybridized carbons (Fsp3) is 0.0588. The average Bonchev–Trinajstić information content (AvgIpc) is 3.26. The number of amides is 1. The lowest BCUT2D eigenvalue weighted by molar-refractivity contribution is -0.137. The lowest BCUT2D eigenvalue weighted by Gasteiger charge is -2.14. The fourth-order valence-electron chi connectivity index (χ4n) is 2.14. The summed E-state index contributed by atoms with van der Waals surface area (Å²) >= 11 is 1.45. The molecule has 2 aromatic heterocycles. The van der Waals surface area contributed by atoms with Gasteiger partial charge in [-0.05, 0) is 41.8 Å². The van der Waals surface area contributed by atoms with Crippen molar-refractivity contribution in [2.75, 3.05) is 5.32 Å². The van der Waals surface area contributed by atoms with Crippen LogP contribution >= 0.6 is 11.3 Å². The normalized spacial score (nSPS) is 11.8. The van der Waals surface area contributed by atoms with Gasteiger partial charge in [-0.2, -0.15) is 18.3 Å². The van der Waals surface area contributed by atoms with Crippen LogP contribution in [-0.2, 0) is 11.0 Å². The highest BCUT2D eigenvalue weighted by Crippen LogP contribution is 2.33. The van der Waals surface area contributed by atoms with Crippen LogP contribution in [0.5, 0.6) is 0 Å². The van der Waals surface area contributed by atoms with E-state index in [9.17, 15) is 18.0 Å². The molecule has 0 aliphatic rings. The van der Waals surface area contributed by atoms with Gasteiger partial charge in [0.05, 0.1) is 16.9 Å². The maximum Gasteiger partial charge on any atom is 0.416 e. The number of benzene rings is 1. The van der Waals surface area contributed by atoms with Crippen molar-refractivity contribution < 1.29 is 18.0 Å². The van der Waals surface area contributed by atoms with Crippen molar-refractivity contribution in [1.29, 1.82) is 0 Å². The Morgan fingerprint density at radius 1 is 1.24 bits per heavy atom. The van der Waals surface area contributed by atoms with E-state index in [0.29, 0.717) is 5.69 Å². The fourth-order valence-corrected chi connectivity index (χ4v) is 2.76. The van der Waals surface area contributed by atoms with Crippen molar-refractivity contribution in [2.24, 2.45) is 0 Å². The summed E-state index contributed by atoms with van der Waals surface area (Å²) in [7, 11) is 0. The molecular weight excluding hydrogens is 351 g/mol. The molecule has 0 saturated carbocycles. The summed E-state index contributed by atoms with van der Waals surface area (Å²) in [5.41, 5.74) is -0.476. The smallest absolute Gasteiger partial charge is 0.321 e. The third-order valence-corrected chi connectivity index (χ3v) is 4.11. The molecule has 0 atom stereocenters. The standard InChI is InChI=1S/C17H12F3N3OS/c18-17(19,20)12-4-6-15(23-9-2-8-21-23)14(11-12)22-16(24)7-5-13-3-1-10-25-13/h1-11H,(H,22,24)/b7-5+. The van der Waals surface area contributed by atoms with Gasteiger partial charge in [0.25, 0.3) is 0 Å². The SMILES string of the molecule is O=C(/C=C/c1cccs1)Nc1cc(C(F)(F)F)ccc1-n1cccn1. The first-order valence-corrected chi connectivity index (χ1v) is 8.05. The molecule has 1 aromatic carbocycles. The first-order chi connectivity index (χ1) is 11.9. The van der Waals surface area contributed by atoms with E-state index in [0.717, 1.165) is 17.0 Å². The van der Waals surface area contributed by atoms with E-state index in [1.807, 2.05) is 17.5 Å². The van der Waals surface area contributed by atoms with Gasteiger partial charge in [0.15, 0.2) is 0 Å². The summed E-state index contributed by atoms with van der Waals surface area (Å²) < 4.78 is 40.3. The van der Waals surface area contributed by atoms with Gasteiger partial charge in [-0.25, -0.2) is 4.68 Å². The van der Waals surface area contributed by atoms with Crippen molar-refractivity contribution in [3.63, 3.8) is 0 Å². The molecule has 0 fully saturated rings. The second-order valence-corrected chi connectivity index (χ2v) is 6.00. The molecular formula is C17H12F3N3OS. The van der Waals surface area contributed by atoms with Crippen LogP contribution in [0.25, 0.3) is 11.8 Å². The minimum atomic E-state index is -4.51. The minimum absolute atomic E-state index is 0.0272. The third kappa shape index (κ3) is 4.16. The predicted octanol–water partition coefficient (Wildman–Crippen LogP) is 4.60. The summed E-state index contributed by atoms with van der Waals surface area (Å²) in [6.07, 6.45) is 1.45. The van der Waals surface area contributed by atoms with Gasteiger partial charge in [0, 0.05) is 23.3 Å². The lowest BCUT2D eigenvalue weighted by atomic mass is 10.1. The monoisotopic (exact) mass is 363 g/mol. The van der Waals surface area contributed by atoms with E-state index in [1.54, 1.807) is 18.3 Å². The topological polar surface area (TPSA) is 46.9 Å². The maximum atomic E-state index is 13.0. The highest BCUT2D eigenvalue weighted by atomic mass is 32.1. The Labute approximate surface area is 145 Å². The Morgan fingerprint density at radius 3 is 2.72 bits per heavy atom. The molecule has 0 saturated heterocycles. The number of halogens is 3. The highest BCUT2D eigenvalue weighted by Gasteiger charge is 2.31. The van der Waals surface area contributed by atoms with Crippen molar-refractivity contribution in [1.82, 2.24) is 9.78 Å². The van der Waals surface area contributed by atoms with E-state index in [2.05, 4.69) is 10.4 Å². The maximum absolute atomic E-state index is 13.0. The van der Waals surface area contributed by atoms with Crippen molar-refractivity contribution >= 4 is 29.0 Å². The molecule has 128 valence electrons. The van der Waals surface area contributed by atoms with Gasteiger partial charge in [-0.15, -0.1) is 11.3 Å². The summed E-state index contributed by atoms with van der Waals surface area (Å²) in [5, 5.41) is 8.35. The Hall–Kier alpha value is -2.87. The van der Waals surface area contributed by atoms with Crippen molar-refractivity contribution in [3.05, 3.63) is 70.7 Å². The highest BCUT2D eigenvalue weighted by molar-refractivity contribution is 7.10. The van der Waals surface area contributed by atoms with Gasteiger partial charge in [-0.3, -0.25) is 4.79 Å². The number of carbonyl (C=O) groups is 1. The summed E-state index contributed by atoms with van der Waals surface area (Å²) in [6, 6.07) is 8.43. The molecule has 4 nitrogen and oxygen atoms in total. The van der Waals surface area contributed by atoms with Crippen LogP contribution < -0.4 is 5.32 Å². The number of carbonyl (C=O) groups excluding carboxylic acids is 1. The first kappa shape index (κ1) is 17.0. The van der Waals surface area contributed by atoms with E-state index < -0.39 is 17.6 Å². The largest absolute Gasteiger partial charge is 0.416 e. The van der Waals surface area contributed by atoms with E-state index in [4.69, 9.17) is 0 Å². The molecule has 3 rings (SSSR count). The minimum Gasteiger partial charge on any atom is -0.321 e. The number of hydrogen-bond donors (Lipinski definition) is 1. The third-order valence-electron chi connectivity index (χ3n) is 3.28. The van der Waals surface area contributed by atoms with E-state index >= 15 is 0 Å². The number of nitrogens with one attached hydrogen (secondary N) is 1. The molecule has 0 bridgehead atoms. The van der Waals surface area contributed by atoms with Gasteiger partial charge < -0.3 is 5.32 Å². The number of nitrogens with zero attached hydrogens (tertiary/aromatic N) is 2. The van der Waals surface area contributed by atoms with Gasteiger partial charge in [0.2, 0.25) is 5.91 Å². The second kappa shape index (κ2) is 6.94. The van der Waals surface area contributed by atoms with Crippen LogP contribution in [0.1, 0.15) is 10.4 Å². The van der Waals surface area contributed by atoms with E-state index in [-0.39, 0.29) is 5.69 Å². The van der Waals surface area contributed by atoms with Crippen LogP contribution in [0.4, 0.5) is 18.9 Å². The zero-order valence-corrected chi connectivity index (χ0v) is 13.5. The van der Waals surface area contributed by atoms with Gasteiger partial charge >= 0.3 is 6.18 Å². The quantitative estimate of drug-likeness (QED) is 0.689. The van der Waals surface area contributed by atoms with Crippen LogP contribution in [-0.4, -0.2) is 15.7 Å². The number of anilines is 1. The van der Waals surface area contributed by atoms with Gasteiger partial charge in [-0.1, -0.05) is 6.07 Å². The summed E-state index contributed by atoms with van der Waals surface area (Å²) in [6.45, 7) is 0. The molecule has 8 heteroatoms. The second-order valence-electron chi connectivity index (χ2n) is 5.02. The van der Waals surface area contributed by atoms with Crippen molar-refractivity contribution in [2.45, 2.75) is 6.18 Å². The zero-order valence-electron chi connectivity index (χ0n) is 12.7.